The molecule has 1 aromatic heterocycles. The van der Waals surface area contributed by atoms with Crippen LogP contribution in [0.2, 0.25) is 5.02 Å². The molecule has 0 radical (unpaired) electrons. The van der Waals surface area contributed by atoms with E-state index in [0.29, 0.717) is 23.7 Å². The number of aromatic nitrogens is 3. The first-order valence-electron chi connectivity index (χ1n) is 6.15. The Balaban J connectivity index is 1.70. The third-order valence-corrected chi connectivity index (χ3v) is 3.07. The molecule has 0 unspecified atom stereocenters. The van der Waals surface area contributed by atoms with Crippen LogP contribution in [-0.2, 0) is 11.2 Å². The summed E-state index contributed by atoms with van der Waals surface area (Å²) in [6, 6.07) is 5.27. The second kappa shape index (κ2) is 6.91. The molecule has 2 N–H and O–H groups in total. The first-order chi connectivity index (χ1) is 9.65. The van der Waals surface area contributed by atoms with Crippen LogP contribution in [0.25, 0.3) is 0 Å². The maximum absolute atomic E-state index is 11.6. The van der Waals surface area contributed by atoms with Gasteiger partial charge in [0.15, 0.2) is 6.61 Å². The maximum Gasteiger partial charge on any atom is 0.257 e. The van der Waals surface area contributed by atoms with Gasteiger partial charge in [-0.15, -0.1) is 0 Å². The summed E-state index contributed by atoms with van der Waals surface area (Å²) in [7, 11) is 0. The van der Waals surface area contributed by atoms with Crippen molar-refractivity contribution in [3.63, 3.8) is 0 Å². The van der Waals surface area contributed by atoms with Crippen molar-refractivity contribution in [2.45, 2.75) is 13.3 Å². The van der Waals surface area contributed by atoms with E-state index in [-0.39, 0.29) is 12.5 Å². The number of H-pyrrole nitrogens is 1. The smallest absolute Gasteiger partial charge is 0.257 e. The summed E-state index contributed by atoms with van der Waals surface area (Å²) in [6.07, 6.45) is 2.04. The maximum atomic E-state index is 11.6. The molecule has 2 aromatic rings. The zero-order chi connectivity index (χ0) is 14.4. The Morgan fingerprint density at radius 2 is 2.35 bits per heavy atom. The number of aromatic amines is 1. The molecule has 20 heavy (non-hydrogen) atoms. The molecule has 2 rings (SSSR count). The van der Waals surface area contributed by atoms with Crippen molar-refractivity contribution in [1.82, 2.24) is 20.5 Å². The fraction of sp³-hybridized carbons (Fsp3) is 0.308. The fourth-order valence-electron chi connectivity index (χ4n) is 1.58. The highest BCUT2D eigenvalue weighted by Gasteiger charge is 2.04. The molecule has 1 heterocycles. The van der Waals surface area contributed by atoms with E-state index in [2.05, 4.69) is 20.5 Å². The van der Waals surface area contributed by atoms with Gasteiger partial charge in [0.25, 0.3) is 5.91 Å². The van der Waals surface area contributed by atoms with Gasteiger partial charge in [-0.05, 0) is 30.7 Å². The molecular formula is C13H15ClN4O2. The van der Waals surface area contributed by atoms with Crippen LogP contribution >= 0.6 is 11.6 Å². The minimum atomic E-state index is -0.183. The number of amides is 1. The number of hydrogen-bond donors (Lipinski definition) is 2. The van der Waals surface area contributed by atoms with Gasteiger partial charge >= 0.3 is 0 Å². The molecule has 0 bridgehead atoms. The van der Waals surface area contributed by atoms with Gasteiger partial charge in [0.05, 0.1) is 0 Å². The van der Waals surface area contributed by atoms with Crippen molar-refractivity contribution in [3.05, 3.63) is 40.9 Å². The molecule has 106 valence electrons. The second-order valence-electron chi connectivity index (χ2n) is 4.23. The minimum Gasteiger partial charge on any atom is -0.484 e. The number of carbonyl (C=O) groups is 1. The molecule has 7 heteroatoms. The van der Waals surface area contributed by atoms with E-state index >= 15 is 0 Å². The Hall–Kier alpha value is -2.08. The molecule has 0 aliphatic rings. The van der Waals surface area contributed by atoms with Crippen LogP contribution in [0.15, 0.2) is 24.5 Å². The first-order valence-corrected chi connectivity index (χ1v) is 6.53. The SMILES string of the molecule is Cc1cc(OCC(=O)NCCc2ncn[nH]2)ccc1Cl. The Labute approximate surface area is 121 Å². The van der Waals surface area contributed by atoms with Crippen molar-refractivity contribution in [2.24, 2.45) is 0 Å². The summed E-state index contributed by atoms with van der Waals surface area (Å²) in [6.45, 7) is 2.33. The number of benzene rings is 1. The van der Waals surface area contributed by atoms with Crippen molar-refractivity contribution in [3.8, 4) is 5.75 Å². The number of aryl methyl sites for hydroxylation is 1. The van der Waals surface area contributed by atoms with Crippen LogP contribution in [0.5, 0.6) is 5.75 Å². The Bertz CT molecular complexity index is 572. The summed E-state index contributed by atoms with van der Waals surface area (Å²) >= 11 is 5.91. The van der Waals surface area contributed by atoms with E-state index in [9.17, 15) is 4.79 Å². The van der Waals surface area contributed by atoms with Gasteiger partial charge in [0.1, 0.15) is 17.9 Å². The third kappa shape index (κ3) is 4.24. The van der Waals surface area contributed by atoms with E-state index in [1.807, 2.05) is 6.92 Å². The van der Waals surface area contributed by atoms with Gasteiger partial charge in [-0.25, -0.2) is 4.98 Å². The van der Waals surface area contributed by atoms with Crippen LogP contribution in [0.1, 0.15) is 11.4 Å². The molecule has 0 spiro atoms. The number of rotatable bonds is 6. The number of ether oxygens (including phenoxy) is 1. The second-order valence-corrected chi connectivity index (χ2v) is 4.64. The zero-order valence-electron chi connectivity index (χ0n) is 11.0. The normalized spacial score (nSPS) is 10.3. The lowest BCUT2D eigenvalue weighted by molar-refractivity contribution is -0.123. The number of hydrogen-bond acceptors (Lipinski definition) is 4. The molecule has 0 saturated carbocycles. The highest BCUT2D eigenvalue weighted by Crippen LogP contribution is 2.20. The average Bonchev–Trinajstić information content (AvgIpc) is 2.93. The first kappa shape index (κ1) is 14.3. The molecule has 1 aromatic carbocycles. The van der Waals surface area contributed by atoms with Crippen LogP contribution in [0.3, 0.4) is 0 Å². The van der Waals surface area contributed by atoms with Gasteiger partial charge in [-0.1, -0.05) is 11.6 Å². The van der Waals surface area contributed by atoms with Crippen LogP contribution in [0, 0.1) is 6.92 Å². The highest BCUT2D eigenvalue weighted by atomic mass is 35.5. The topological polar surface area (TPSA) is 79.9 Å². The van der Waals surface area contributed by atoms with E-state index in [1.54, 1.807) is 18.2 Å². The number of nitrogens with zero attached hydrogens (tertiary/aromatic N) is 2. The number of nitrogens with one attached hydrogen (secondary N) is 2. The monoisotopic (exact) mass is 294 g/mol. The molecule has 6 nitrogen and oxygen atoms in total. The van der Waals surface area contributed by atoms with E-state index in [4.69, 9.17) is 16.3 Å². The largest absolute Gasteiger partial charge is 0.484 e. The predicted molar refractivity (Wildman–Crippen MR) is 74.8 cm³/mol. The minimum absolute atomic E-state index is 0.0303. The van der Waals surface area contributed by atoms with E-state index in [1.165, 1.54) is 6.33 Å². The third-order valence-electron chi connectivity index (χ3n) is 2.65. The Morgan fingerprint density at radius 1 is 1.50 bits per heavy atom. The average molecular weight is 295 g/mol. The van der Waals surface area contributed by atoms with Gasteiger partial charge in [0.2, 0.25) is 0 Å². The quantitative estimate of drug-likeness (QED) is 0.846. The van der Waals surface area contributed by atoms with Crippen molar-refractivity contribution >= 4 is 17.5 Å². The Morgan fingerprint density at radius 3 is 3.05 bits per heavy atom. The van der Waals surface area contributed by atoms with Gasteiger partial charge in [-0.2, -0.15) is 5.10 Å². The molecule has 0 atom stereocenters. The summed E-state index contributed by atoms with van der Waals surface area (Å²) in [5.41, 5.74) is 0.912. The molecule has 0 saturated heterocycles. The molecular weight excluding hydrogens is 280 g/mol. The zero-order valence-corrected chi connectivity index (χ0v) is 11.8. The predicted octanol–water partition coefficient (Wildman–Crippen LogP) is 1.50. The fourth-order valence-corrected chi connectivity index (χ4v) is 1.70. The standard InChI is InChI=1S/C13H15ClN4O2/c1-9-6-10(2-3-11(9)14)20-7-13(19)15-5-4-12-16-8-17-18-12/h2-3,6,8H,4-5,7H2,1H3,(H,15,19)(H,16,17,18). The van der Waals surface area contributed by atoms with E-state index < -0.39 is 0 Å². The summed E-state index contributed by atoms with van der Waals surface area (Å²) in [5.74, 6) is 1.17. The van der Waals surface area contributed by atoms with Crippen LogP contribution in [0.4, 0.5) is 0 Å². The summed E-state index contributed by atoms with van der Waals surface area (Å²) in [5, 5.41) is 9.87. The van der Waals surface area contributed by atoms with Gasteiger partial charge < -0.3 is 10.1 Å². The Kier molecular flexibility index (Phi) is 4.95. The number of halogens is 1. The number of carbonyl (C=O) groups excluding carboxylic acids is 1. The summed E-state index contributed by atoms with van der Waals surface area (Å²) in [4.78, 5) is 15.6. The molecule has 1 amide bonds. The van der Waals surface area contributed by atoms with E-state index in [0.717, 1.165) is 11.4 Å². The molecule has 0 aliphatic heterocycles. The van der Waals surface area contributed by atoms with Gasteiger partial charge in [-0.3, -0.25) is 9.89 Å². The van der Waals surface area contributed by atoms with Crippen molar-refractivity contribution in [1.29, 1.82) is 0 Å². The molecule has 0 fully saturated rings. The van der Waals surface area contributed by atoms with Crippen LogP contribution < -0.4 is 10.1 Å². The lowest BCUT2D eigenvalue weighted by Gasteiger charge is -2.08. The summed E-state index contributed by atoms with van der Waals surface area (Å²) < 4.78 is 5.38. The van der Waals surface area contributed by atoms with Crippen molar-refractivity contribution < 1.29 is 9.53 Å². The highest BCUT2D eigenvalue weighted by molar-refractivity contribution is 6.31. The van der Waals surface area contributed by atoms with Gasteiger partial charge in [0, 0.05) is 18.0 Å². The lowest BCUT2D eigenvalue weighted by Crippen LogP contribution is -2.30. The van der Waals surface area contributed by atoms with Crippen LogP contribution in [-0.4, -0.2) is 34.2 Å². The molecule has 0 aliphatic carbocycles. The lowest BCUT2D eigenvalue weighted by atomic mass is 10.2. The van der Waals surface area contributed by atoms with Crippen molar-refractivity contribution in [2.75, 3.05) is 13.2 Å².